The molecule has 1 aliphatic rings. The molecule has 0 bridgehead atoms. The predicted octanol–water partition coefficient (Wildman–Crippen LogP) is 2.21. The summed E-state index contributed by atoms with van der Waals surface area (Å²) in [5.41, 5.74) is 2.78. The van der Waals surface area contributed by atoms with Crippen molar-refractivity contribution in [3.05, 3.63) is 35.4 Å². The van der Waals surface area contributed by atoms with Crippen molar-refractivity contribution in [1.82, 2.24) is 10.2 Å². The lowest BCUT2D eigenvalue weighted by Crippen LogP contribution is -2.47. The number of hydrogen-bond acceptors (Lipinski definition) is 2. The first kappa shape index (κ1) is 14.1. The maximum atomic E-state index is 12.1. The average molecular weight is 260 g/mol. The number of nitrogens with zero attached hydrogens (tertiary/aromatic N) is 1. The fraction of sp³-hybridized carbons (Fsp3) is 0.562. The Labute approximate surface area is 116 Å². The molecule has 1 N–H and O–H groups in total. The van der Waals surface area contributed by atoms with Crippen molar-refractivity contribution >= 4 is 5.91 Å². The van der Waals surface area contributed by atoms with Gasteiger partial charge < -0.3 is 5.32 Å². The van der Waals surface area contributed by atoms with Crippen LogP contribution in [0.4, 0.5) is 0 Å². The number of nitrogens with one attached hydrogen (secondary N) is 1. The van der Waals surface area contributed by atoms with Gasteiger partial charge in [-0.25, -0.2) is 0 Å². The fourth-order valence-corrected chi connectivity index (χ4v) is 2.47. The number of amides is 1. The zero-order valence-electron chi connectivity index (χ0n) is 12.1. The molecule has 1 aromatic carbocycles. The zero-order valence-corrected chi connectivity index (χ0v) is 12.1. The Morgan fingerprint density at radius 3 is 2.63 bits per heavy atom. The first-order valence-electron chi connectivity index (χ1n) is 7.16. The second-order valence-electron chi connectivity index (χ2n) is 5.80. The van der Waals surface area contributed by atoms with Gasteiger partial charge in [0.25, 0.3) is 0 Å². The third-order valence-electron chi connectivity index (χ3n) is 3.77. The summed E-state index contributed by atoms with van der Waals surface area (Å²) in [4.78, 5) is 14.4. The number of carbonyl (C=O) groups excluding carboxylic acids is 1. The van der Waals surface area contributed by atoms with Crippen molar-refractivity contribution in [1.29, 1.82) is 0 Å². The molecule has 3 heteroatoms. The minimum atomic E-state index is -0.0490. The Kier molecular flexibility index (Phi) is 4.59. The van der Waals surface area contributed by atoms with Crippen LogP contribution in [0.2, 0.25) is 0 Å². The van der Waals surface area contributed by atoms with E-state index in [4.69, 9.17) is 0 Å². The molecule has 19 heavy (non-hydrogen) atoms. The lowest BCUT2D eigenvalue weighted by Gasteiger charge is -2.33. The van der Waals surface area contributed by atoms with Gasteiger partial charge in [0.05, 0.1) is 6.04 Å². The van der Waals surface area contributed by atoms with E-state index in [-0.39, 0.29) is 11.9 Å². The molecule has 0 aliphatic carbocycles. The lowest BCUT2D eigenvalue weighted by molar-refractivity contribution is -0.126. The summed E-state index contributed by atoms with van der Waals surface area (Å²) < 4.78 is 0. The molecule has 3 nitrogen and oxygen atoms in total. The van der Waals surface area contributed by atoms with Gasteiger partial charge in [0.2, 0.25) is 5.91 Å². The van der Waals surface area contributed by atoms with E-state index in [0.29, 0.717) is 5.92 Å². The Balaban J connectivity index is 1.95. The highest BCUT2D eigenvalue weighted by molar-refractivity contribution is 5.81. The van der Waals surface area contributed by atoms with Crippen LogP contribution in [0.15, 0.2) is 24.3 Å². The van der Waals surface area contributed by atoms with Gasteiger partial charge in [0.15, 0.2) is 0 Å². The van der Waals surface area contributed by atoms with Crippen molar-refractivity contribution < 1.29 is 4.79 Å². The highest BCUT2D eigenvalue weighted by Crippen LogP contribution is 2.20. The number of rotatable bonds is 4. The molecule has 1 heterocycles. The van der Waals surface area contributed by atoms with Crippen LogP contribution < -0.4 is 5.32 Å². The van der Waals surface area contributed by atoms with Crippen molar-refractivity contribution in [3.63, 3.8) is 0 Å². The summed E-state index contributed by atoms with van der Waals surface area (Å²) in [6.07, 6.45) is 1.04. The maximum Gasteiger partial charge on any atom is 0.237 e. The third-order valence-corrected chi connectivity index (χ3v) is 3.77. The fourth-order valence-electron chi connectivity index (χ4n) is 2.47. The number of fused-ring (bicyclic) bond motifs is 1. The molecular formula is C16H24N2O. The van der Waals surface area contributed by atoms with E-state index in [2.05, 4.69) is 48.3 Å². The van der Waals surface area contributed by atoms with Crippen molar-refractivity contribution in [2.75, 3.05) is 13.1 Å². The van der Waals surface area contributed by atoms with Crippen LogP contribution in [-0.2, 0) is 17.8 Å². The van der Waals surface area contributed by atoms with Gasteiger partial charge in [0.1, 0.15) is 0 Å². The molecule has 0 aromatic heterocycles. The molecule has 0 unspecified atom stereocenters. The van der Waals surface area contributed by atoms with Crippen LogP contribution in [0.5, 0.6) is 0 Å². The molecule has 0 saturated heterocycles. The number of carbonyl (C=O) groups is 1. The van der Waals surface area contributed by atoms with E-state index in [0.717, 1.165) is 26.1 Å². The highest BCUT2D eigenvalue weighted by atomic mass is 16.2. The topological polar surface area (TPSA) is 32.3 Å². The summed E-state index contributed by atoms with van der Waals surface area (Å²) in [7, 11) is 0. The average Bonchev–Trinajstić information content (AvgIpc) is 2.43. The third kappa shape index (κ3) is 3.57. The molecule has 1 atom stereocenters. The molecule has 0 fully saturated rings. The summed E-state index contributed by atoms with van der Waals surface area (Å²) in [5, 5.41) is 3.02. The Bertz CT molecular complexity index is 442. The summed E-state index contributed by atoms with van der Waals surface area (Å²) in [6.45, 7) is 8.83. The second kappa shape index (κ2) is 6.20. The molecule has 2 rings (SSSR count). The summed E-state index contributed by atoms with van der Waals surface area (Å²) >= 11 is 0. The van der Waals surface area contributed by atoms with Crippen LogP contribution in [0.3, 0.4) is 0 Å². The van der Waals surface area contributed by atoms with E-state index in [1.54, 1.807) is 0 Å². The van der Waals surface area contributed by atoms with Gasteiger partial charge in [-0.05, 0) is 30.4 Å². The largest absolute Gasteiger partial charge is 0.354 e. The van der Waals surface area contributed by atoms with Gasteiger partial charge in [-0.3, -0.25) is 9.69 Å². The SMILES string of the molecule is CC(C)CNC(=O)[C@@H](C)N1CCc2ccccc2C1. The normalized spacial score (nSPS) is 17.1. The quantitative estimate of drug-likeness (QED) is 0.900. The maximum absolute atomic E-state index is 12.1. The van der Waals surface area contributed by atoms with Crippen LogP contribution in [0, 0.1) is 5.92 Å². The molecule has 1 aromatic rings. The van der Waals surface area contributed by atoms with E-state index >= 15 is 0 Å². The van der Waals surface area contributed by atoms with Crippen LogP contribution in [0.1, 0.15) is 31.9 Å². The van der Waals surface area contributed by atoms with E-state index in [1.807, 2.05) is 6.92 Å². The smallest absolute Gasteiger partial charge is 0.237 e. The van der Waals surface area contributed by atoms with E-state index < -0.39 is 0 Å². The van der Waals surface area contributed by atoms with E-state index in [9.17, 15) is 4.79 Å². The molecule has 0 spiro atoms. The van der Waals surface area contributed by atoms with Gasteiger partial charge in [-0.15, -0.1) is 0 Å². The van der Waals surface area contributed by atoms with Crippen molar-refractivity contribution in [3.8, 4) is 0 Å². The molecule has 0 saturated carbocycles. The first-order chi connectivity index (χ1) is 9.08. The van der Waals surface area contributed by atoms with Gasteiger partial charge in [0, 0.05) is 19.6 Å². The molecule has 1 amide bonds. The number of benzene rings is 1. The Morgan fingerprint density at radius 2 is 1.95 bits per heavy atom. The van der Waals surface area contributed by atoms with Gasteiger partial charge >= 0.3 is 0 Å². The minimum Gasteiger partial charge on any atom is -0.354 e. The molecular weight excluding hydrogens is 236 g/mol. The lowest BCUT2D eigenvalue weighted by atomic mass is 9.99. The first-order valence-corrected chi connectivity index (χ1v) is 7.16. The molecule has 1 aliphatic heterocycles. The standard InChI is InChI=1S/C16H24N2O/c1-12(2)10-17-16(19)13(3)18-9-8-14-6-4-5-7-15(14)11-18/h4-7,12-13H,8-11H2,1-3H3,(H,17,19)/t13-/m1/s1. The Hall–Kier alpha value is -1.35. The number of hydrogen-bond donors (Lipinski definition) is 1. The summed E-state index contributed by atoms with van der Waals surface area (Å²) in [6, 6.07) is 8.47. The van der Waals surface area contributed by atoms with Crippen molar-refractivity contribution in [2.45, 2.75) is 39.8 Å². The highest BCUT2D eigenvalue weighted by Gasteiger charge is 2.24. The predicted molar refractivity (Wildman–Crippen MR) is 77.9 cm³/mol. The van der Waals surface area contributed by atoms with Gasteiger partial charge in [-0.1, -0.05) is 38.1 Å². The summed E-state index contributed by atoms with van der Waals surface area (Å²) in [5.74, 6) is 0.645. The second-order valence-corrected chi connectivity index (χ2v) is 5.80. The van der Waals surface area contributed by atoms with Crippen LogP contribution >= 0.6 is 0 Å². The van der Waals surface area contributed by atoms with Crippen molar-refractivity contribution in [2.24, 2.45) is 5.92 Å². The monoisotopic (exact) mass is 260 g/mol. The van der Waals surface area contributed by atoms with Crippen LogP contribution in [0.25, 0.3) is 0 Å². The minimum absolute atomic E-state index is 0.0490. The molecule has 0 radical (unpaired) electrons. The zero-order chi connectivity index (χ0) is 13.8. The van der Waals surface area contributed by atoms with E-state index in [1.165, 1.54) is 11.1 Å². The van der Waals surface area contributed by atoms with Gasteiger partial charge in [-0.2, -0.15) is 0 Å². The molecule has 104 valence electrons. The van der Waals surface area contributed by atoms with Crippen LogP contribution in [-0.4, -0.2) is 29.9 Å². The Morgan fingerprint density at radius 1 is 1.26 bits per heavy atom.